The molecule has 1 aliphatic rings. The zero-order valence-corrected chi connectivity index (χ0v) is 14.5. The molecule has 6 heteroatoms. The standard InChI is InChI=1S/C20H19N5O/c1-14-10-16-4-2-3-5-18(16)25(14)19(26)17-12-23-20(24-13-17)22-11-15-6-8-21-9-7-15/h2-9,12-14H,10-11H2,1H3,(H,22,23,24). The van der Waals surface area contributed by atoms with Gasteiger partial charge in [-0.05, 0) is 42.7 Å². The van der Waals surface area contributed by atoms with Crippen molar-refractivity contribution in [1.82, 2.24) is 15.0 Å². The van der Waals surface area contributed by atoms with E-state index in [-0.39, 0.29) is 11.9 Å². The minimum atomic E-state index is -0.0665. The number of hydrogen-bond donors (Lipinski definition) is 1. The predicted molar refractivity (Wildman–Crippen MR) is 100 cm³/mol. The van der Waals surface area contributed by atoms with Gasteiger partial charge in [0.25, 0.3) is 5.91 Å². The predicted octanol–water partition coefficient (Wildman–Crippen LogP) is 3.08. The number of carbonyl (C=O) groups is 1. The third kappa shape index (κ3) is 3.13. The van der Waals surface area contributed by atoms with Crippen molar-refractivity contribution in [2.45, 2.75) is 25.9 Å². The van der Waals surface area contributed by atoms with E-state index < -0.39 is 0 Å². The highest BCUT2D eigenvalue weighted by atomic mass is 16.2. The number of nitrogens with one attached hydrogen (secondary N) is 1. The van der Waals surface area contributed by atoms with Crippen molar-refractivity contribution in [3.05, 3.63) is 77.9 Å². The molecule has 130 valence electrons. The summed E-state index contributed by atoms with van der Waals surface area (Å²) in [6.45, 7) is 2.66. The fourth-order valence-electron chi connectivity index (χ4n) is 3.23. The molecule has 0 aliphatic carbocycles. The van der Waals surface area contributed by atoms with Gasteiger partial charge in [0.15, 0.2) is 0 Å². The van der Waals surface area contributed by atoms with E-state index in [1.54, 1.807) is 24.8 Å². The highest BCUT2D eigenvalue weighted by molar-refractivity contribution is 6.07. The summed E-state index contributed by atoms with van der Waals surface area (Å²) < 4.78 is 0. The van der Waals surface area contributed by atoms with Crippen LogP contribution in [0, 0.1) is 0 Å². The number of benzene rings is 1. The number of anilines is 2. The number of fused-ring (bicyclic) bond motifs is 1. The summed E-state index contributed by atoms with van der Waals surface area (Å²) in [5, 5.41) is 3.15. The lowest BCUT2D eigenvalue weighted by Gasteiger charge is -2.22. The van der Waals surface area contributed by atoms with Gasteiger partial charge in [-0.3, -0.25) is 9.78 Å². The van der Waals surface area contributed by atoms with Crippen LogP contribution in [0.25, 0.3) is 0 Å². The second-order valence-corrected chi connectivity index (χ2v) is 6.36. The maximum Gasteiger partial charge on any atom is 0.261 e. The van der Waals surface area contributed by atoms with Gasteiger partial charge in [0.1, 0.15) is 0 Å². The topological polar surface area (TPSA) is 71.0 Å². The van der Waals surface area contributed by atoms with E-state index in [0.717, 1.165) is 17.7 Å². The van der Waals surface area contributed by atoms with Crippen molar-refractivity contribution < 1.29 is 4.79 Å². The van der Waals surface area contributed by atoms with Crippen LogP contribution in [0.1, 0.15) is 28.4 Å². The summed E-state index contributed by atoms with van der Waals surface area (Å²) in [5.41, 5.74) is 3.75. The fraction of sp³-hybridized carbons (Fsp3) is 0.200. The highest BCUT2D eigenvalue weighted by Gasteiger charge is 2.31. The second kappa shape index (κ2) is 6.92. The van der Waals surface area contributed by atoms with E-state index in [1.165, 1.54) is 5.56 Å². The molecule has 1 N–H and O–H groups in total. The number of rotatable bonds is 4. The zero-order valence-electron chi connectivity index (χ0n) is 14.5. The van der Waals surface area contributed by atoms with Crippen LogP contribution in [-0.4, -0.2) is 26.9 Å². The van der Waals surface area contributed by atoms with E-state index >= 15 is 0 Å². The number of hydrogen-bond acceptors (Lipinski definition) is 5. The van der Waals surface area contributed by atoms with Crippen LogP contribution < -0.4 is 10.2 Å². The average Bonchev–Trinajstić information content (AvgIpc) is 3.03. The maximum absolute atomic E-state index is 12.9. The van der Waals surface area contributed by atoms with Gasteiger partial charge in [-0.25, -0.2) is 9.97 Å². The van der Waals surface area contributed by atoms with Crippen molar-refractivity contribution in [3.8, 4) is 0 Å². The molecule has 0 radical (unpaired) electrons. The number of amides is 1. The van der Waals surface area contributed by atoms with E-state index in [9.17, 15) is 4.79 Å². The summed E-state index contributed by atoms with van der Waals surface area (Å²) in [6, 6.07) is 12.0. The van der Waals surface area contributed by atoms with Crippen molar-refractivity contribution in [3.63, 3.8) is 0 Å². The van der Waals surface area contributed by atoms with Crippen LogP contribution in [0.5, 0.6) is 0 Å². The molecule has 1 aromatic carbocycles. The third-order valence-corrected chi connectivity index (χ3v) is 4.52. The first kappa shape index (κ1) is 16.2. The van der Waals surface area contributed by atoms with Crippen molar-refractivity contribution in [2.75, 3.05) is 10.2 Å². The van der Waals surface area contributed by atoms with Crippen LogP contribution in [0.3, 0.4) is 0 Å². The molecule has 1 atom stereocenters. The molecule has 4 rings (SSSR count). The monoisotopic (exact) mass is 345 g/mol. The Morgan fingerprint density at radius 3 is 2.65 bits per heavy atom. The smallest absolute Gasteiger partial charge is 0.261 e. The molecule has 2 aromatic heterocycles. The first-order chi connectivity index (χ1) is 12.7. The lowest BCUT2D eigenvalue weighted by Crippen LogP contribution is -2.35. The Bertz CT molecular complexity index is 911. The van der Waals surface area contributed by atoms with E-state index in [0.29, 0.717) is 18.1 Å². The maximum atomic E-state index is 12.9. The van der Waals surface area contributed by atoms with Crippen molar-refractivity contribution in [1.29, 1.82) is 0 Å². The van der Waals surface area contributed by atoms with Crippen LogP contribution in [0.4, 0.5) is 11.6 Å². The Hall–Kier alpha value is -3.28. The number of aromatic nitrogens is 3. The molecule has 26 heavy (non-hydrogen) atoms. The van der Waals surface area contributed by atoms with Gasteiger partial charge in [0.05, 0.1) is 5.56 Å². The number of nitrogens with zero attached hydrogens (tertiary/aromatic N) is 4. The van der Waals surface area contributed by atoms with E-state index in [4.69, 9.17) is 0 Å². The van der Waals surface area contributed by atoms with Gasteiger partial charge >= 0.3 is 0 Å². The molecule has 1 unspecified atom stereocenters. The molecule has 3 aromatic rings. The average molecular weight is 345 g/mol. The Morgan fingerprint density at radius 2 is 1.88 bits per heavy atom. The minimum Gasteiger partial charge on any atom is -0.350 e. The molecule has 0 bridgehead atoms. The summed E-state index contributed by atoms with van der Waals surface area (Å²) in [7, 11) is 0. The fourth-order valence-corrected chi connectivity index (χ4v) is 3.23. The Balaban J connectivity index is 1.47. The zero-order chi connectivity index (χ0) is 17.9. The lowest BCUT2D eigenvalue weighted by atomic mass is 10.1. The van der Waals surface area contributed by atoms with Crippen LogP contribution >= 0.6 is 0 Å². The summed E-state index contributed by atoms with van der Waals surface area (Å²) in [5.74, 6) is 0.427. The van der Waals surface area contributed by atoms with Crippen molar-refractivity contribution in [2.24, 2.45) is 0 Å². The van der Waals surface area contributed by atoms with Gasteiger partial charge in [-0.2, -0.15) is 0 Å². The van der Waals surface area contributed by atoms with E-state index in [1.807, 2.05) is 35.2 Å². The lowest BCUT2D eigenvalue weighted by molar-refractivity contribution is 0.0981. The third-order valence-electron chi connectivity index (χ3n) is 4.52. The summed E-state index contributed by atoms with van der Waals surface area (Å²) in [4.78, 5) is 27.3. The molecular weight excluding hydrogens is 326 g/mol. The molecule has 3 heterocycles. The summed E-state index contributed by atoms with van der Waals surface area (Å²) in [6.07, 6.45) is 7.52. The quantitative estimate of drug-likeness (QED) is 0.787. The molecule has 0 spiro atoms. The van der Waals surface area contributed by atoms with E-state index in [2.05, 4.69) is 33.3 Å². The first-order valence-electron chi connectivity index (χ1n) is 8.58. The van der Waals surface area contributed by atoms with Gasteiger partial charge in [0, 0.05) is 43.1 Å². The van der Waals surface area contributed by atoms with Gasteiger partial charge in [-0.1, -0.05) is 18.2 Å². The van der Waals surface area contributed by atoms with Gasteiger partial charge in [0.2, 0.25) is 5.95 Å². The van der Waals surface area contributed by atoms with Crippen molar-refractivity contribution >= 4 is 17.5 Å². The van der Waals surface area contributed by atoms with Gasteiger partial charge in [-0.15, -0.1) is 0 Å². The molecular formula is C20H19N5O. The molecule has 1 aliphatic heterocycles. The molecule has 0 fully saturated rings. The SMILES string of the molecule is CC1Cc2ccccc2N1C(=O)c1cnc(NCc2ccncc2)nc1. The second-order valence-electron chi connectivity index (χ2n) is 6.36. The molecule has 0 saturated heterocycles. The normalized spacial score (nSPS) is 15.6. The minimum absolute atomic E-state index is 0.0665. The van der Waals surface area contributed by atoms with Crippen LogP contribution in [0.15, 0.2) is 61.2 Å². The van der Waals surface area contributed by atoms with Crippen LogP contribution in [-0.2, 0) is 13.0 Å². The first-order valence-corrected chi connectivity index (χ1v) is 8.58. The Morgan fingerprint density at radius 1 is 1.15 bits per heavy atom. The Labute approximate surface area is 151 Å². The largest absolute Gasteiger partial charge is 0.350 e. The Kier molecular flexibility index (Phi) is 4.31. The molecule has 0 saturated carbocycles. The summed E-state index contributed by atoms with van der Waals surface area (Å²) >= 11 is 0. The molecule has 1 amide bonds. The number of pyridine rings is 1. The number of carbonyl (C=O) groups excluding carboxylic acids is 1. The highest BCUT2D eigenvalue weighted by Crippen LogP contribution is 2.32. The van der Waals surface area contributed by atoms with Crippen LogP contribution in [0.2, 0.25) is 0 Å². The molecule has 6 nitrogen and oxygen atoms in total. The van der Waals surface area contributed by atoms with Gasteiger partial charge < -0.3 is 10.2 Å². The number of para-hydroxylation sites is 1.